The maximum atomic E-state index is 11.2. The maximum absolute atomic E-state index is 11.2. The van der Waals surface area contributed by atoms with Crippen LogP contribution >= 0.6 is 0 Å². The molecule has 0 spiro atoms. The van der Waals surface area contributed by atoms with Crippen LogP contribution in [0.4, 0.5) is 0 Å². The van der Waals surface area contributed by atoms with E-state index in [4.69, 9.17) is 10.6 Å². The van der Waals surface area contributed by atoms with E-state index in [2.05, 4.69) is 10.3 Å². The molecule has 0 radical (unpaired) electrons. The number of hydrogen-bond donors (Lipinski definition) is 1. The summed E-state index contributed by atoms with van der Waals surface area (Å²) in [5, 5.41) is 7.51. The van der Waals surface area contributed by atoms with E-state index < -0.39 is 12.0 Å². The lowest BCUT2D eigenvalue weighted by molar-refractivity contribution is -0.146. The normalized spacial score (nSPS) is 12.7. The highest BCUT2D eigenvalue weighted by Gasteiger charge is 2.13. The van der Waals surface area contributed by atoms with E-state index in [1.807, 2.05) is 12.1 Å². The van der Waals surface area contributed by atoms with Gasteiger partial charge in [-0.15, -0.1) is 5.10 Å². The highest BCUT2D eigenvalue weighted by atomic mass is 16.7. The summed E-state index contributed by atoms with van der Waals surface area (Å²) in [5.41, 5.74) is 6.65. The number of fused-ring (bicyclic) bond motifs is 1. The van der Waals surface area contributed by atoms with Crippen LogP contribution in [0.2, 0.25) is 0 Å². The first kappa shape index (κ1) is 9.60. The number of benzene rings is 1. The third-order valence-corrected chi connectivity index (χ3v) is 1.87. The zero-order chi connectivity index (χ0) is 10.8. The number of hydrogen-bond acceptors (Lipinski definition) is 5. The summed E-state index contributed by atoms with van der Waals surface area (Å²) in [6, 6.07) is 6.48. The maximum Gasteiger partial charge on any atom is 0.351 e. The average Bonchev–Trinajstić information content (AvgIpc) is 2.62. The van der Waals surface area contributed by atoms with Gasteiger partial charge in [-0.05, 0) is 24.3 Å². The number of carbonyl (C=O) groups excluding carboxylic acids is 1. The molecule has 0 fully saturated rings. The molecule has 0 saturated heterocycles. The van der Waals surface area contributed by atoms with Gasteiger partial charge in [0.15, 0.2) is 0 Å². The third-order valence-electron chi connectivity index (χ3n) is 1.87. The monoisotopic (exact) mass is 206 g/mol. The summed E-state index contributed by atoms with van der Waals surface area (Å²) < 4.78 is 0. The SMILES string of the molecule is CC(N)C(=O)On1nnc2ccccc21. The molecule has 0 amide bonds. The molecule has 1 heterocycles. The molecule has 1 aromatic carbocycles. The second-order valence-corrected chi connectivity index (χ2v) is 3.15. The largest absolute Gasteiger partial charge is 0.351 e. The molecule has 2 N–H and O–H groups in total. The molecule has 6 nitrogen and oxygen atoms in total. The molecule has 1 unspecified atom stereocenters. The fraction of sp³-hybridized carbons (Fsp3) is 0.222. The fourth-order valence-corrected chi connectivity index (χ4v) is 1.08. The van der Waals surface area contributed by atoms with Crippen molar-refractivity contribution in [2.24, 2.45) is 5.73 Å². The molecule has 15 heavy (non-hydrogen) atoms. The van der Waals surface area contributed by atoms with E-state index in [-0.39, 0.29) is 0 Å². The van der Waals surface area contributed by atoms with Crippen LogP contribution in [0.3, 0.4) is 0 Å². The van der Waals surface area contributed by atoms with Crippen LogP contribution in [0.25, 0.3) is 11.0 Å². The summed E-state index contributed by atoms with van der Waals surface area (Å²) >= 11 is 0. The van der Waals surface area contributed by atoms with Crippen molar-refractivity contribution >= 4 is 17.0 Å². The number of nitrogens with two attached hydrogens (primary N) is 1. The van der Waals surface area contributed by atoms with E-state index >= 15 is 0 Å². The molecule has 0 aliphatic heterocycles. The van der Waals surface area contributed by atoms with Gasteiger partial charge in [-0.25, -0.2) is 4.79 Å². The number of nitrogens with zero attached hydrogens (tertiary/aromatic N) is 3. The summed E-state index contributed by atoms with van der Waals surface area (Å²) in [6.07, 6.45) is 0. The van der Waals surface area contributed by atoms with Crippen LogP contribution in [0.5, 0.6) is 0 Å². The molecule has 1 aromatic heterocycles. The predicted molar refractivity (Wildman–Crippen MR) is 52.8 cm³/mol. The molecule has 0 saturated carbocycles. The van der Waals surface area contributed by atoms with Crippen LogP contribution in [0.15, 0.2) is 24.3 Å². The number of aromatic nitrogens is 3. The van der Waals surface area contributed by atoms with Crippen molar-refractivity contribution in [3.63, 3.8) is 0 Å². The van der Waals surface area contributed by atoms with Gasteiger partial charge in [0, 0.05) is 0 Å². The molecule has 0 aliphatic rings. The Morgan fingerprint density at radius 2 is 2.27 bits per heavy atom. The molecule has 2 aromatic rings. The van der Waals surface area contributed by atoms with Gasteiger partial charge in [0.05, 0.1) is 0 Å². The minimum absolute atomic E-state index is 0.550. The fourth-order valence-electron chi connectivity index (χ4n) is 1.08. The van der Waals surface area contributed by atoms with Gasteiger partial charge in [-0.3, -0.25) is 0 Å². The van der Waals surface area contributed by atoms with Crippen molar-refractivity contribution in [1.29, 1.82) is 0 Å². The molecule has 6 heteroatoms. The highest BCUT2D eigenvalue weighted by molar-refractivity contribution is 5.77. The van der Waals surface area contributed by atoms with Gasteiger partial charge in [0.1, 0.15) is 17.1 Å². The first-order valence-electron chi connectivity index (χ1n) is 4.46. The number of rotatable bonds is 2. The van der Waals surface area contributed by atoms with E-state index in [9.17, 15) is 4.79 Å². The van der Waals surface area contributed by atoms with E-state index in [1.165, 1.54) is 0 Å². The van der Waals surface area contributed by atoms with Crippen LogP contribution in [0.1, 0.15) is 6.92 Å². The van der Waals surface area contributed by atoms with Gasteiger partial charge < -0.3 is 10.6 Å². The third kappa shape index (κ3) is 1.79. The zero-order valence-electron chi connectivity index (χ0n) is 8.12. The van der Waals surface area contributed by atoms with Crippen molar-refractivity contribution in [2.45, 2.75) is 13.0 Å². The van der Waals surface area contributed by atoms with E-state index in [0.29, 0.717) is 11.0 Å². The minimum atomic E-state index is -0.687. The Balaban J connectivity index is 2.33. The van der Waals surface area contributed by atoms with Gasteiger partial charge in [0.25, 0.3) is 0 Å². The minimum Gasteiger partial charge on any atom is -0.319 e. The van der Waals surface area contributed by atoms with Crippen molar-refractivity contribution in [1.82, 2.24) is 15.2 Å². The Bertz CT molecular complexity index is 492. The molecule has 78 valence electrons. The van der Waals surface area contributed by atoms with Crippen LogP contribution in [-0.4, -0.2) is 27.2 Å². The smallest absolute Gasteiger partial charge is 0.319 e. The van der Waals surface area contributed by atoms with Gasteiger partial charge in [0.2, 0.25) is 0 Å². The number of para-hydroxylation sites is 1. The first-order valence-corrected chi connectivity index (χ1v) is 4.46. The molecule has 0 bridgehead atoms. The topological polar surface area (TPSA) is 83.0 Å². The molecular formula is C9H10N4O2. The second-order valence-electron chi connectivity index (χ2n) is 3.15. The Labute approximate surface area is 85.6 Å². The lowest BCUT2D eigenvalue weighted by Gasteiger charge is -2.04. The highest BCUT2D eigenvalue weighted by Crippen LogP contribution is 2.07. The van der Waals surface area contributed by atoms with Crippen molar-refractivity contribution in [3.8, 4) is 0 Å². The number of carbonyl (C=O) groups is 1. The van der Waals surface area contributed by atoms with Gasteiger partial charge in [-0.1, -0.05) is 17.0 Å². The van der Waals surface area contributed by atoms with E-state index in [1.54, 1.807) is 19.1 Å². The lowest BCUT2D eigenvalue weighted by Crippen LogP contribution is -2.35. The summed E-state index contributed by atoms with van der Waals surface area (Å²) in [7, 11) is 0. The molecule has 2 rings (SSSR count). The Morgan fingerprint density at radius 1 is 1.53 bits per heavy atom. The van der Waals surface area contributed by atoms with Crippen LogP contribution in [0, 0.1) is 0 Å². The van der Waals surface area contributed by atoms with Gasteiger partial charge in [-0.2, -0.15) is 0 Å². The Hall–Kier alpha value is -1.95. The van der Waals surface area contributed by atoms with Crippen molar-refractivity contribution in [2.75, 3.05) is 0 Å². The van der Waals surface area contributed by atoms with Crippen molar-refractivity contribution < 1.29 is 9.63 Å². The first-order chi connectivity index (χ1) is 7.18. The van der Waals surface area contributed by atoms with E-state index in [0.717, 1.165) is 4.85 Å². The summed E-state index contributed by atoms with van der Waals surface area (Å²) in [6.45, 7) is 1.54. The predicted octanol–water partition coefficient (Wildman–Crippen LogP) is -0.266. The second kappa shape index (κ2) is 3.66. The standard InChI is InChI=1S/C9H10N4O2/c1-6(10)9(14)15-13-8-5-3-2-4-7(8)11-12-13/h2-6H,10H2,1H3. The van der Waals surface area contributed by atoms with Crippen molar-refractivity contribution in [3.05, 3.63) is 24.3 Å². The molecule has 1 atom stereocenters. The summed E-state index contributed by atoms with van der Waals surface area (Å²) in [4.78, 5) is 17.2. The van der Waals surface area contributed by atoms with Crippen LogP contribution in [-0.2, 0) is 4.79 Å². The summed E-state index contributed by atoms with van der Waals surface area (Å²) in [5.74, 6) is -0.550. The lowest BCUT2D eigenvalue weighted by atomic mass is 10.3. The van der Waals surface area contributed by atoms with Crippen LogP contribution < -0.4 is 10.6 Å². The Morgan fingerprint density at radius 3 is 3.00 bits per heavy atom. The average molecular weight is 206 g/mol. The zero-order valence-corrected chi connectivity index (χ0v) is 8.12. The Kier molecular flexibility index (Phi) is 2.34. The molecule has 0 aliphatic carbocycles. The molecular weight excluding hydrogens is 196 g/mol. The quantitative estimate of drug-likeness (QED) is 0.684. The van der Waals surface area contributed by atoms with Gasteiger partial charge >= 0.3 is 5.97 Å².